The van der Waals surface area contributed by atoms with E-state index in [4.69, 9.17) is 0 Å². The molecule has 1 aliphatic heterocycles. The van der Waals surface area contributed by atoms with Crippen molar-refractivity contribution >= 4 is 52.3 Å². The third-order valence-corrected chi connectivity index (χ3v) is 37.7. The van der Waals surface area contributed by atoms with Crippen LogP contribution in [0.1, 0.15) is 146 Å². The van der Waals surface area contributed by atoms with E-state index in [0.717, 1.165) is 25.7 Å². The Labute approximate surface area is 395 Å². The summed E-state index contributed by atoms with van der Waals surface area (Å²) in [5.74, 6) is 1.25. The maximum atomic E-state index is 9.57. The van der Waals surface area contributed by atoms with E-state index in [1.54, 1.807) is 0 Å². The number of fused-ring (bicyclic) bond motifs is 5. The van der Waals surface area contributed by atoms with Gasteiger partial charge in [-0.25, -0.2) is 0 Å². The van der Waals surface area contributed by atoms with E-state index in [2.05, 4.69) is 197 Å². The Bertz CT molecular complexity index is 2710. The van der Waals surface area contributed by atoms with E-state index in [9.17, 15) is 17.0 Å². The van der Waals surface area contributed by atoms with Gasteiger partial charge in [0.1, 0.15) is 0 Å². The number of hydrogen-bond acceptors (Lipinski definition) is 0. The van der Waals surface area contributed by atoms with Crippen molar-refractivity contribution in [3.8, 4) is 33.4 Å². The van der Waals surface area contributed by atoms with E-state index < -0.39 is 25.9 Å². The van der Waals surface area contributed by atoms with Gasteiger partial charge in [-0.2, -0.15) is 0 Å². The van der Waals surface area contributed by atoms with Crippen molar-refractivity contribution in [2.24, 2.45) is 11.8 Å². The fourth-order valence-corrected chi connectivity index (χ4v) is 40.6. The van der Waals surface area contributed by atoms with Gasteiger partial charge < -0.3 is 0 Å². The molecule has 329 valence electrons. The first-order valence-electron chi connectivity index (χ1n) is 24.4. The van der Waals surface area contributed by atoms with Gasteiger partial charge in [0.25, 0.3) is 0 Å². The van der Waals surface area contributed by atoms with Crippen molar-refractivity contribution in [3.05, 3.63) is 171 Å². The first-order chi connectivity index (χ1) is 30.7. The molecule has 0 spiro atoms. The van der Waals surface area contributed by atoms with Crippen LogP contribution in [0.5, 0.6) is 0 Å². The van der Waals surface area contributed by atoms with Gasteiger partial charge in [-0.3, -0.25) is 0 Å². The third-order valence-electron chi connectivity index (χ3n) is 15.1. The fourth-order valence-electron chi connectivity index (χ4n) is 12.3. The average Bonchev–Trinajstić information content (AvgIpc) is 4.00. The summed E-state index contributed by atoms with van der Waals surface area (Å²) in [6.45, 7) is 23.5. The van der Waals surface area contributed by atoms with Gasteiger partial charge in [-0.1, -0.05) is 0 Å². The number of aryl methyl sites for hydroxylation is 2. The average molecular weight is 978 g/mol. The van der Waals surface area contributed by atoms with Crippen molar-refractivity contribution in [1.82, 2.24) is 0 Å². The molecular formula is C60H67Cl2SiZr. The van der Waals surface area contributed by atoms with E-state index in [0.29, 0.717) is 11.8 Å². The minimum absolute atomic E-state index is 0.121. The van der Waals surface area contributed by atoms with Crippen LogP contribution in [0.25, 0.3) is 45.5 Å². The molecule has 2 aliphatic carbocycles. The topological polar surface area (TPSA) is 0 Å². The molecule has 0 nitrogen and oxygen atoms in total. The van der Waals surface area contributed by atoms with Crippen molar-refractivity contribution in [1.29, 1.82) is 0 Å². The summed E-state index contributed by atoms with van der Waals surface area (Å²) >= 11 is -5.77. The van der Waals surface area contributed by atoms with Crippen LogP contribution in [0.2, 0.25) is 0 Å². The summed E-state index contributed by atoms with van der Waals surface area (Å²) in [7, 11) is 18.2. The van der Waals surface area contributed by atoms with Gasteiger partial charge >= 0.3 is 399 Å². The second kappa shape index (κ2) is 17.6. The van der Waals surface area contributed by atoms with Crippen molar-refractivity contribution < 1.29 is 16.4 Å². The van der Waals surface area contributed by atoms with E-state index in [1.807, 2.05) is 0 Å². The zero-order valence-corrected chi connectivity index (χ0v) is 45.3. The molecule has 4 heteroatoms. The van der Waals surface area contributed by atoms with Crippen LogP contribution in [0.15, 0.2) is 126 Å². The van der Waals surface area contributed by atoms with E-state index in [1.165, 1.54) is 103 Å². The molecule has 1 heterocycles. The molecule has 3 aliphatic rings. The van der Waals surface area contributed by atoms with Gasteiger partial charge in [-0.15, -0.1) is 0 Å². The molecule has 0 radical (unpaired) electrons. The molecule has 0 amide bonds. The van der Waals surface area contributed by atoms with Gasteiger partial charge in [0.05, 0.1) is 0 Å². The van der Waals surface area contributed by atoms with Gasteiger partial charge in [0.2, 0.25) is 0 Å². The van der Waals surface area contributed by atoms with Crippen molar-refractivity contribution in [2.45, 2.75) is 114 Å². The van der Waals surface area contributed by atoms with Crippen molar-refractivity contribution in [2.75, 3.05) is 0 Å². The monoisotopic (exact) mass is 975 g/mol. The quantitative estimate of drug-likeness (QED) is 0.101. The van der Waals surface area contributed by atoms with Gasteiger partial charge in [0.15, 0.2) is 0 Å². The molecule has 0 N–H and O–H groups in total. The summed E-state index contributed by atoms with van der Waals surface area (Å²) < 4.78 is 1.07. The SMILES string of the molecule is CCCc1ccc2c(c1-c1ccccc1C(C)C)C=C(C(C)C)[CH]2[Zr]([Cl])([Cl])([c]1cccc2c1[SiH2]c1ccccc1-2)[CH]1C(C(C)C)=Cc2c1ccc(CCC)c2-c1ccccc1C(C)C. The first-order valence-corrected chi connectivity index (χ1v) is 36.2. The molecule has 2 unspecified atom stereocenters. The standard InChI is InChI=1S/2C24H29.C12H9Si.2ClH.Zr/c2*1-6-9-18-12-13-19-14-20(16(2)3)15-23(19)24(18)22-11-8-7-10-21(22)17(4)5;1-3-7-11-9(5-1)10-6-2-4-8-12(10)13-11;;;/h2*7-8,10-17H,6,9H2,1-5H3;1-7H,13H2;2*1H;/q;;;;;+2/p-2. The van der Waals surface area contributed by atoms with Crippen LogP contribution in [0.4, 0.5) is 0 Å². The Morgan fingerprint density at radius 2 is 0.922 bits per heavy atom. The normalized spacial score (nSPS) is 17.5. The number of rotatable bonds is 13. The molecule has 0 saturated heterocycles. The molecular weight excluding hydrogens is 911 g/mol. The Morgan fingerprint density at radius 3 is 1.38 bits per heavy atom. The van der Waals surface area contributed by atoms with Gasteiger partial charge in [0, 0.05) is 0 Å². The fraction of sp³-hybridized carbons (Fsp3) is 0.333. The summed E-state index contributed by atoms with van der Waals surface area (Å²) in [5, 5.41) is 2.98. The van der Waals surface area contributed by atoms with Crippen LogP contribution in [0.3, 0.4) is 0 Å². The van der Waals surface area contributed by atoms with Gasteiger partial charge in [-0.05, 0) is 0 Å². The zero-order valence-electron chi connectivity index (χ0n) is 39.9. The number of benzene rings is 6. The van der Waals surface area contributed by atoms with Crippen LogP contribution < -0.4 is 13.6 Å². The Morgan fingerprint density at radius 1 is 0.484 bits per heavy atom. The molecule has 6 aromatic rings. The predicted molar refractivity (Wildman–Crippen MR) is 282 cm³/mol. The summed E-state index contributed by atoms with van der Waals surface area (Å²) in [6, 6.07) is 44.4. The summed E-state index contributed by atoms with van der Waals surface area (Å²) in [4.78, 5) is 0. The number of hydrogen-bond donors (Lipinski definition) is 0. The second-order valence-corrected chi connectivity index (χ2v) is 42.9. The van der Waals surface area contributed by atoms with E-state index in [-0.39, 0.29) is 19.1 Å². The maximum absolute atomic E-state index is 9.57. The van der Waals surface area contributed by atoms with E-state index >= 15 is 0 Å². The number of halogens is 2. The predicted octanol–water partition coefficient (Wildman–Crippen LogP) is 15.5. The van der Waals surface area contributed by atoms with Crippen LogP contribution >= 0.6 is 17.0 Å². The molecule has 0 saturated carbocycles. The Kier molecular flexibility index (Phi) is 12.6. The Hall–Kier alpha value is -3.52. The second-order valence-electron chi connectivity index (χ2n) is 20.5. The number of allylic oxidation sites excluding steroid dienone is 2. The molecule has 0 bridgehead atoms. The minimum atomic E-state index is -5.77. The molecule has 0 aromatic heterocycles. The molecule has 64 heavy (non-hydrogen) atoms. The first kappa shape index (κ1) is 45.6. The molecule has 9 rings (SSSR count). The van der Waals surface area contributed by atoms with Crippen molar-refractivity contribution in [3.63, 3.8) is 0 Å². The summed E-state index contributed by atoms with van der Waals surface area (Å²) in [6.07, 6.45) is 9.39. The van der Waals surface area contributed by atoms with Crippen LogP contribution in [0, 0.1) is 11.8 Å². The molecule has 2 atom stereocenters. The summed E-state index contributed by atoms with van der Waals surface area (Å²) in [5.41, 5.74) is 22.0. The Balaban J connectivity index is 1.42. The van der Waals surface area contributed by atoms with Crippen LogP contribution in [-0.4, -0.2) is 9.52 Å². The molecule has 6 aromatic carbocycles. The zero-order chi connectivity index (χ0) is 45.3. The third kappa shape index (κ3) is 7.23. The molecule has 0 fully saturated rings. The van der Waals surface area contributed by atoms with Crippen LogP contribution in [-0.2, 0) is 29.2 Å².